The van der Waals surface area contributed by atoms with Crippen molar-refractivity contribution in [3.63, 3.8) is 0 Å². The average molecular weight is 367 g/mol. The molecule has 0 spiro atoms. The van der Waals surface area contributed by atoms with E-state index in [1.807, 2.05) is 30.3 Å². The Morgan fingerprint density at radius 3 is 2.92 bits per heavy atom. The fourth-order valence-electron chi connectivity index (χ4n) is 2.69. The Kier molecular flexibility index (Phi) is 4.41. The van der Waals surface area contributed by atoms with Crippen LogP contribution >= 0.6 is 11.6 Å². The van der Waals surface area contributed by atoms with Gasteiger partial charge < -0.3 is 15.0 Å². The number of fused-ring (bicyclic) bond motifs is 2. The zero-order valence-electron chi connectivity index (χ0n) is 13.7. The second kappa shape index (κ2) is 7.01. The summed E-state index contributed by atoms with van der Waals surface area (Å²) in [6.07, 6.45) is 1.66. The highest BCUT2D eigenvalue weighted by atomic mass is 35.5. The molecule has 6 nitrogen and oxygen atoms in total. The number of ether oxygens (including phenoxy) is 1. The Balaban J connectivity index is 1.39. The number of aromatic nitrogens is 3. The molecule has 0 saturated carbocycles. The van der Waals surface area contributed by atoms with Crippen molar-refractivity contribution in [1.82, 2.24) is 20.3 Å². The third-order valence-electron chi connectivity index (χ3n) is 3.93. The second-order valence-corrected chi connectivity index (χ2v) is 6.12. The summed E-state index contributed by atoms with van der Waals surface area (Å²) >= 11 is 6.16. The van der Waals surface area contributed by atoms with E-state index in [2.05, 4.69) is 20.3 Å². The Bertz CT molecular complexity index is 1060. The minimum absolute atomic E-state index is 0.118. The van der Waals surface area contributed by atoms with Gasteiger partial charge in [-0.3, -0.25) is 9.78 Å². The fourth-order valence-corrected chi connectivity index (χ4v) is 2.91. The largest absolute Gasteiger partial charge is 0.481 e. The molecule has 2 heterocycles. The van der Waals surface area contributed by atoms with Crippen molar-refractivity contribution in [1.29, 1.82) is 0 Å². The molecular weight excluding hydrogens is 352 g/mol. The molecule has 0 atom stereocenters. The number of carbonyl (C=O) groups is 1. The Labute approximate surface area is 154 Å². The van der Waals surface area contributed by atoms with Crippen LogP contribution < -0.4 is 10.1 Å². The van der Waals surface area contributed by atoms with Gasteiger partial charge in [0.2, 0.25) is 0 Å². The van der Waals surface area contributed by atoms with Crippen molar-refractivity contribution in [2.24, 2.45) is 0 Å². The lowest BCUT2D eigenvalue weighted by molar-refractivity contribution is -0.123. The molecular formula is C19H15ClN4O2. The van der Waals surface area contributed by atoms with Gasteiger partial charge >= 0.3 is 0 Å². The van der Waals surface area contributed by atoms with Crippen molar-refractivity contribution in [2.75, 3.05) is 6.61 Å². The van der Waals surface area contributed by atoms with Crippen molar-refractivity contribution >= 4 is 39.4 Å². The highest BCUT2D eigenvalue weighted by molar-refractivity contribution is 6.35. The van der Waals surface area contributed by atoms with Crippen LogP contribution in [0.2, 0.25) is 5.02 Å². The van der Waals surface area contributed by atoms with Crippen molar-refractivity contribution in [2.45, 2.75) is 6.54 Å². The van der Waals surface area contributed by atoms with Gasteiger partial charge in [0.05, 0.1) is 22.6 Å². The smallest absolute Gasteiger partial charge is 0.258 e. The molecule has 0 radical (unpaired) electrons. The summed E-state index contributed by atoms with van der Waals surface area (Å²) in [6.45, 7) is 0.185. The molecule has 2 N–H and O–H groups in total. The first-order chi connectivity index (χ1) is 12.7. The van der Waals surface area contributed by atoms with E-state index in [0.717, 1.165) is 16.4 Å². The molecule has 0 aliphatic heterocycles. The lowest BCUT2D eigenvalue weighted by Gasteiger charge is -2.09. The van der Waals surface area contributed by atoms with Crippen LogP contribution in [-0.4, -0.2) is 27.5 Å². The van der Waals surface area contributed by atoms with Crippen molar-refractivity contribution in [3.8, 4) is 5.75 Å². The summed E-state index contributed by atoms with van der Waals surface area (Å²) in [7, 11) is 0. The van der Waals surface area contributed by atoms with Crippen LogP contribution in [0.15, 0.2) is 54.7 Å². The predicted molar refractivity (Wildman–Crippen MR) is 100 cm³/mol. The van der Waals surface area contributed by atoms with Gasteiger partial charge in [0, 0.05) is 11.6 Å². The second-order valence-electron chi connectivity index (χ2n) is 5.71. The maximum absolute atomic E-state index is 12.1. The van der Waals surface area contributed by atoms with Gasteiger partial charge in [-0.2, -0.15) is 0 Å². The summed E-state index contributed by atoms with van der Waals surface area (Å²) in [4.78, 5) is 23.9. The number of imidazole rings is 1. The number of aromatic amines is 1. The van der Waals surface area contributed by atoms with E-state index in [1.165, 1.54) is 0 Å². The Hall–Kier alpha value is -3.12. The average Bonchev–Trinajstić information content (AvgIpc) is 3.09. The van der Waals surface area contributed by atoms with Crippen LogP contribution in [0.3, 0.4) is 0 Å². The first-order valence-corrected chi connectivity index (χ1v) is 8.45. The molecule has 4 aromatic rings. The molecule has 0 saturated heterocycles. The molecule has 0 unspecified atom stereocenters. The van der Waals surface area contributed by atoms with Gasteiger partial charge in [0.1, 0.15) is 17.1 Å². The summed E-state index contributed by atoms with van der Waals surface area (Å²) < 4.78 is 5.62. The van der Waals surface area contributed by atoms with E-state index in [1.54, 1.807) is 24.4 Å². The van der Waals surface area contributed by atoms with Crippen molar-refractivity contribution in [3.05, 3.63) is 65.6 Å². The molecule has 2 aromatic carbocycles. The molecule has 26 heavy (non-hydrogen) atoms. The number of rotatable bonds is 5. The van der Waals surface area contributed by atoms with Gasteiger partial charge in [-0.15, -0.1) is 0 Å². The normalized spacial score (nSPS) is 11.0. The Morgan fingerprint density at radius 1 is 1.15 bits per heavy atom. The number of para-hydroxylation sites is 2. The highest BCUT2D eigenvalue weighted by Gasteiger charge is 2.10. The lowest BCUT2D eigenvalue weighted by Crippen LogP contribution is -2.28. The third kappa shape index (κ3) is 3.32. The number of H-pyrrole nitrogens is 1. The molecule has 0 fully saturated rings. The summed E-state index contributed by atoms with van der Waals surface area (Å²) in [6, 6.07) is 14.8. The first kappa shape index (κ1) is 16.4. The minimum atomic E-state index is -0.246. The van der Waals surface area contributed by atoms with E-state index in [9.17, 15) is 4.79 Å². The fraction of sp³-hybridized carbons (Fsp3) is 0.105. The summed E-state index contributed by atoms with van der Waals surface area (Å²) in [5, 5.41) is 4.16. The molecule has 7 heteroatoms. The quantitative estimate of drug-likeness (QED) is 0.567. The first-order valence-electron chi connectivity index (χ1n) is 8.07. The summed E-state index contributed by atoms with van der Waals surface area (Å²) in [5.41, 5.74) is 2.43. The minimum Gasteiger partial charge on any atom is -0.481 e. The van der Waals surface area contributed by atoms with Crippen LogP contribution in [0.4, 0.5) is 0 Å². The predicted octanol–water partition coefficient (Wildman–Crippen LogP) is 3.46. The zero-order valence-corrected chi connectivity index (χ0v) is 14.5. The number of pyridine rings is 1. The number of nitrogens with one attached hydrogen (secondary N) is 2. The summed E-state index contributed by atoms with van der Waals surface area (Å²) in [5.74, 6) is 0.964. The number of amides is 1. The SMILES string of the molecule is O=C(COc1ccc(Cl)c2cccnc12)NCc1nc2ccccc2[nH]1. The van der Waals surface area contributed by atoms with Gasteiger partial charge in [-0.05, 0) is 36.4 Å². The molecule has 0 aliphatic carbocycles. The van der Waals surface area contributed by atoms with E-state index in [4.69, 9.17) is 16.3 Å². The maximum Gasteiger partial charge on any atom is 0.258 e. The van der Waals surface area contributed by atoms with Crippen LogP contribution in [0, 0.1) is 0 Å². The molecule has 0 bridgehead atoms. The van der Waals surface area contributed by atoms with E-state index in [-0.39, 0.29) is 12.5 Å². The zero-order chi connectivity index (χ0) is 17.9. The number of halogens is 1. The van der Waals surface area contributed by atoms with Gasteiger partial charge in [0.25, 0.3) is 5.91 Å². The molecule has 2 aromatic heterocycles. The van der Waals surface area contributed by atoms with Crippen molar-refractivity contribution < 1.29 is 9.53 Å². The molecule has 130 valence electrons. The maximum atomic E-state index is 12.1. The van der Waals surface area contributed by atoms with E-state index < -0.39 is 0 Å². The van der Waals surface area contributed by atoms with E-state index >= 15 is 0 Å². The number of carbonyl (C=O) groups excluding carboxylic acids is 1. The van der Waals surface area contributed by atoms with Gasteiger partial charge in [-0.25, -0.2) is 4.98 Å². The van der Waals surface area contributed by atoms with Crippen LogP contribution in [0.25, 0.3) is 21.9 Å². The van der Waals surface area contributed by atoms with Gasteiger partial charge in [-0.1, -0.05) is 23.7 Å². The van der Waals surface area contributed by atoms with E-state index in [0.29, 0.717) is 28.7 Å². The number of benzene rings is 2. The topological polar surface area (TPSA) is 79.9 Å². The van der Waals surface area contributed by atoms with Crippen LogP contribution in [-0.2, 0) is 11.3 Å². The lowest BCUT2D eigenvalue weighted by atomic mass is 10.2. The number of hydrogen-bond donors (Lipinski definition) is 2. The van der Waals surface area contributed by atoms with Crippen LogP contribution in [0.1, 0.15) is 5.82 Å². The van der Waals surface area contributed by atoms with Gasteiger partial charge in [0.15, 0.2) is 6.61 Å². The van der Waals surface area contributed by atoms with Crippen LogP contribution in [0.5, 0.6) is 5.75 Å². The standard InChI is InChI=1S/C19H15ClN4O2/c20-13-7-8-16(19-12(13)4-3-9-21-19)26-11-18(25)22-10-17-23-14-5-1-2-6-15(14)24-17/h1-9H,10-11H2,(H,22,25)(H,23,24). The molecule has 0 aliphatic rings. The molecule has 1 amide bonds. The number of hydrogen-bond acceptors (Lipinski definition) is 4. The highest BCUT2D eigenvalue weighted by Crippen LogP contribution is 2.29. The monoisotopic (exact) mass is 366 g/mol. The molecule has 4 rings (SSSR count). The Morgan fingerprint density at radius 2 is 2.04 bits per heavy atom. The third-order valence-corrected chi connectivity index (χ3v) is 4.26. The number of nitrogens with zero attached hydrogens (tertiary/aromatic N) is 2.